The molecule has 0 radical (unpaired) electrons. The first-order chi connectivity index (χ1) is 10.2. The molecule has 2 aromatic rings. The molecule has 0 spiro atoms. The van der Waals surface area contributed by atoms with Crippen LogP contribution in [0.5, 0.6) is 5.75 Å². The van der Waals surface area contributed by atoms with Crippen LogP contribution in [0.2, 0.25) is 0 Å². The monoisotopic (exact) mass is 285 g/mol. The molecule has 0 N–H and O–H groups in total. The molecule has 0 aliphatic heterocycles. The Kier molecular flexibility index (Phi) is 4.82. The quantitative estimate of drug-likeness (QED) is 0.791. The first-order valence-electron chi connectivity index (χ1n) is 6.67. The Balaban J connectivity index is 2.19. The highest BCUT2D eigenvalue weighted by Gasteiger charge is 2.14. The maximum atomic E-state index is 11.8. The summed E-state index contributed by atoms with van der Waals surface area (Å²) in [5.74, 6) is 0.503. The van der Waals surface area contributed by atoms with Crippen molar-refractivity contribution < 1.29 is 14.3 Å². The fourth-order valence-corrected chi connectivity index (χ4v) is 2.18. The van der Waals surface area contributed by atoms with Crippen LogP contribution in [0.4, 0.5) is 5.69 Å². The third-order valence-corrected chi connectivity index (χ3v) is 3.30. The van der Waals surface area contributed by atoms with Crippen LogP contribution in [0.1, 0.15) is 15.9 Å². The molecule has 0 saturated heterocycles. The first kappa shape index (κ1) is 14.9. The molecule has 2 aromatic carbocycles. The van der Waals surface area contributed by atoms with Crippen molar-refractivity contribution in [3.63, 3.8) is 0 Å². The zero-order valence-corrected chi connectivity index (χ0v) is 12.5. The van der Waals surface area contributed by atoms with Crippen LogP contribution in [0, 0.1) is 0 Å². The molecule has 0 bridgehead atoms. The molecule has 2 rings (SSSR count). The van der Waals surface area contributed by atoms with Gasteiger partial charge in [-0.1, -0.05) is 24.3 Å². The summed E-state index contributed by atoms with van der Waals surface area (Å²) in [4.78, 5) is 13.8. The number of anilines is 1. The van der Waals surface area contributed by atoms with Crippen molar-refractivity contribution in [3.05, 3.63) is 59.7 Å². The number of esters is 1. The maximum absolute atomic E-state index is 11.8. The van der Waals surface area contributed by atoms with E-state index in [0.29, 0.717) is 12.1 Å². The summed E-state index contributed by atoms with van der Waals surface area (Å²) < 4.78 is 9.97. The van der Waals surface area contributed by atoms with E-state index in [0.717, 1.165) is 17.0 Å². The molecule has 0 atom stereocenters. The van der Waals surface area contributed by atoms with Gasteiger partial charge in [0.2, 0.25) is 0 Å². The number of hydrogen-bond acceptors (Lipinski definition) is 4. The van der Waals surface area contributed by atoms with Crippen LogP contribution < -0.4 is 9.64 Å². The van der Waals surface area contributed by atoms with E-state index in [4.69, 9.17) is 9.47 Å². The molecule has 0 amide bonds. The van der Waals surface area contributed by atoms with Crippen LogP contribution in [0.3, 0.4) is 0 Å². The number of benzene rings is 2. The molecular weight excluding hydrogens is 266 g/mol. The fourth-order valence-electron chi connectivity index (χ4n) is 2.18. The zero-order valence-electron chi connectivity index (χ0n) is 12.5. The molecule has 0 unspecified atom stereocenters. The van der Waals surface area contributed by atoms with Crippen LogP contribution in [-0.2, 0) is 11.3 Å². The average Bonchev–Trinajstić information content (AvgIpc) is 2.54. The van der Waals surface area contributed by atoms with Crippen LogP contribution in [0.15, 0.2) is 48.5 Å². The Morgan fingerprint density at radius 1 is 1.05 bits per heavy atom. The number of carbonyl (C=O) groups is 1. The van der Waals surface area contributed by atoms with Crippen molar-refractivity contribution in [1.82, 2.24) is 0 Å². The summed E-state index contributed by atoms with van der Waals surface area (Å²) in [6.45, 7) is 0.692. The third kappa shape index (κ3) is 3.54. The number of ether oxygens (including phenoxy) is 2. The van der Waals surface area contributed by atoms with Gasteiger partial charge < -0.3 is 14.4 Å². The van der Waals surface area contributed by atoms with Gasteiger partial charge in [0.25, 0.3) is 0 Å². The van der Waals surface area contributed by atoms with Crippen molar-refractivity contribution in [1.29, 1.82) is 0 Å². The second kappa shape index (κ2) is 6.79. The van der Waals surface area contributed by atoms with E-state index in [1.165, 1.54) is 7.11 Å². The topological polar surface area (TPSA) is 38.8 Å². The van der Waals surface area contributed by atoms with E-state index >= 15 is 0 Å². The molecule has 4 nitrogen and oxygen atoms in total. The van der Waals surface area contributed by atoms with E-state index in [1.54, 1.807) is 13.2 Å². The van der Waals surface area contributed by atoms with Crippen molar-refractivity contribution in [3.8, 4) is 5.75 Å². The number of carbonyl (C=O) groups excluding carboxylic acids is 1. The van der Waals surface area contributed by atoms with Crippen molar-refractivity contribution >= 4 is 11.7 Å². The van der Waals surface area contributed by atoms with Gasteiger partial charge >= 0.3 is 5.97 Å². The van der Waals surface area contributed by atoms with Gasteiger partial charge in [-0.05, 0) is 29.8 Å². The Hall–Kier alpha value is -2.49. The highest BCUT2D eigenvalue weighted by molar-refractivity contribution is 5.95. The highest BCUT2D eigenvalue weighted by atomic mass is 16.5. The summed E-state index contributed by atoms with van der Waals surface area (Å²) in [5.41, 5.74) is 2.55. The molecule has 110 valence electrons. The van der Waals surface area contributed by atoms with E-state index in [1.807, 2.05) is 54.4 Å². The number of methoxy groups -OCH3 is 2. The highest BCUT2D eigenvalue weighted by Crippen LogP contribution is 2.22. The predicted molar refractivity (Wildman–Crippen MR) is 82.9 cm³/mol. The molecule has 0 heterocycles. The van der Waals surface area contributed by atoms with Gasteiger partial charge in [0.05, 0.1) is 25.5 Å². The minimum Gasteiger partial charge on any atom is -0.497 e. The van der Waals surface area contributed by atoms with Crippen LogP contribution in [-0.4, -0.2) is 27.2 Å². The Labute approximate surface area is 124 Å². The summed E-state index contributed by atoms with van der Waals surface area (Å²) in [5, 5.41) is 0. The summed E-state index contributed by atoms with van der Waals surface area (Å²) in [7, 11) is 4.99. The molecule has 4 heteroatoms. The molecular formula is C17H19NO3. The largest absolute Gasteiger partial charge is 0.497 e. The molecule has 0 aliphatic carbocycles. The molecule has 0 aliphatic rings. The van der Waals surface area contributed by atoms with Gasteiger partial charge in [-0.15, -0.1) is 0 Å². The number of hydrogen-bond donors (Lipinski definition) is 0. The fraction of sp³-hybridized carbons (Fsp3) is 0.235. The number of rotatable bonds is 5. The second-order valence-corrected chi connectivity index (χ2v) is 4.71. The lowest BCUT2D eigenvalue weighted by atomic mass is 10.1. The number of para-hydroxylation sites is 1. The third-order valence-electron chi connectivity index (χ3n) is 3.30. The maximum Gasteiger partial charge on any atom is 0.339 e. The van der Waals surface area contributed by atoms with Gasteiger partial charge in [0.1, 0.15) is 5.75 Å². The van der Waals surface area contributed by atoms with Gasteiger partial charge in [0.15, 0.2) is 0 Å². The zero-order chi connectivity index (χ0) is 15.2. The summed E-state index contributed by atoms with van der Waals surface area (Å²) in [6, 6.07) is 15.3. The second-order valence-electron chi connectivity index (χ2n) is 4.71. The van der Waals surface area contributed by atoms with Gasteiger partial charge in [-0.3, -0.25) is 0 Å². The SMILES string of the molecule is COC(=O)c1ccccc1N(C)Cc1ccc(OC)cc1. The van der Waals surface area contributed by atoms with Crippen LogP contribution in [0.25, 0.3) is 0 Å². The molecule has 21 heavy (non-hydrogen) atoms. The van der Waals surface area contributed by atoms with Gasteiger partial charge in [-0.25, -0.2) is 4.79 Å². The van der Waals surface area contributed by atoms with Crippen LogP contribution >= 0.6 is 0 Å². The standard InChI is InChI=1S/C17H19NO3/c1-18(12-13-8-10-14(20-2)11-9-13)16-7-5-4-6-15(16)17(19)21-3/h4-11H,12H2,1-3H3. The minimum atomic E-state index is -0.327. The van der Waals surface area contributed by atoms with E-state index < -0.39 is 0 Å². The number of nitrogens with zero attached hydrogens (tertiary/aromatic N) is 1. The van der Waals surface area contributed by atoms with E-state index in [-0.39, 0.29) is 5.97 Å². The first-order valence-corrected chi connectivity index (χ1v) is 6.67. The van der Waals surface area contributed by atoms with Gasteiger partial charge in [0, 0.05) is 13.6 Å². The minimum absolute atomic E-state index is 0.327. The normalized spacial score (nSPS) is 10.0. The average molecular weight is 285 g/mol. The molecule has 0 saturated carbocycles. The summed E-state index contributed by atoms with van der Waals surface area (Å²) >= 11 is 0. The van der Waals surface area contributed by atoms with E-state index in [9.17, 15) is 4.79 Å². The lowest BCUT2D eigenvalue weighted by Gasteiger charge is -2.21. The van der Waals surface area contributed by atoms with Crippen molar-refractivity contribution in [2.75, 3.05) is 26.2 Å². The lowest BCUT2D eigenvalue weighted by molar-refractivity contribution is 0.0601. The summed E-state index contributed by atoms with van der Waals surface area (Å²) in [6.07, 6.45) is 0. The molecule has 0 fully saturated rings. The Morgan fingerprint density at radius 3 is 2.33 bits per heavy atom. The van der Waals surface area contributed by atoms with Gasteiger partial charge in [-0.2, -0.15) is 0 Å². The van der Waals surface area contributed by atoms with Crippen molar-refractivity contribution in [2.45, 2.75) is 6.54 Å². The van der Waals surface area contributed by atoms with Crippen molar-refractivity contribution in [2.24, 2.45) is 0 Å². The Morgan fingerprint density at radius 2 is 1.71 bits per heavy atom. The van der Waals surface area contributed by atoms with E-state index in [2.05, 4.69) is 0 Å². The molecule has 0 aromatic heterocycles. The Bertz CT molecular complexity index is 608. The lowest BCUT2D eigenvalue weighted by Crippen LogP contribution is -2.19. The smallest absolute Gasteiger partial charge is 0.339 e. The predicted octanol–water partition coefficient (Wildman–Crippen LogP) is 3.12.